The van der Waals surface area contributed by atoms with E-state index in [-0.39, 0.29) is 12.4 Å². The van der Waals surface area contributed by atoms with Crippen LogP contribution in [0.3, 0.4) is 0 Å². The summed E-state index contributed by atoms with van der Waals surface area (Å²) in [5.41, 5.74) is 7.32. The number of nitrogens with zero attached hydrogens (tertiary/aromatic N) is 1. The van der Waals surface area contributed by atoms with Crippen molar-refractivity contribution >= 4 is 24.0 Å². The van der Waals surface area contributed by atoms with Crippen LogP contribution in [0, 0.1) is 0 Å². The van der Waals surface area contributed by atoms with E-state index in [1.165, 1.54) is 24.9 Å². The lowest BCUT2D eigenvalue weighted by atomic mass is 9.98. The van der Waals surface area contributed by atoms with E-state index < -0.39 is 0 Å². The molecule has 1 fully saturated rings. The van der Waals surface area contributed by atoms with Crippen molar-refractivity contribution in [2.45, 2.75) is 31.7 Å². The number of nitrogens with two attached hydrogens (primary N) is 1. The molecule has 0 amide bonds. The molecule has 1 saturated heterocycles. The Balaban J connectivity index is 0.00000162. The lowest BCUT2D eigenvalue weighted by molar-refractivity contribution is 0.200. The molecule has 0 aromatic heterocycles. The summed E-state index contributed by atoms with van der Waals surface area (Å²) in [6, 6.07) is 8.52. The van der Waals surface area contributed by atoms with Crippen LogP contribution in [0.25, 0.3) is 0 Å². The predicted molar refractivity (Wildman–Crippen MR) is 80.8 cm³/mol. The minimum Gasteiger partial charge on any atom is -0.327 e. The number of benzene rings is 1. The molecule has 0 radical (unpaired) electrons. The van der Waals surface area contributed by atoms with Crippen LogP contribution in [0.2, 0.25) is 5.02 Å². The first kappa shape index (κ1) is 15.8. The van der Waals surface area contributed by atoms with E-state index in [0.29, 0.717) is 12.0 Å². The number of likely N-dealkylation sites (tertiary alicyclic amines) is 1. The van der Waals surface area contributed by atoms with Crippen LogP contribution in [0.1, 0.15) is 31.2 Å². The molecule has 1 aliphatic heterocycles. The summed E-state index contributed by atoms with van der Waals surface area (Å²) in [5.74, 6) is 0.513. The molecule has 2 rings (SSSR count). The Morgan fingerprint density at radius 2 is 2.28 bits per heavy atom. The summed E-state index contributed by atoms with van der Waals surface area (Å²) < 4.78 is 0. The van der Waals surface area contributed by atoms with Crippen LogP contribution >= 0.6 is 24.0 Å². The summed E-state index contributed by atoms with van der Waals surface area (Å²) in [4.78, 5) is 2.47. The monoisotopic (exact) mass is 288 g/mol. The lowest BCUT2D eigenvalue weighted by Gasteiger charge is -2.32. The average molecular weight is 289 g/mol. The van der Waals surface area contributed by atoms with Gasteiger partial charge in [0, 0.05) is 24.2 Å². The molecule has 4 heteroatoms. The van der Waals surface area contributed by atoms with Crippen molar-refractivity contribution in [2.75, 3.05) is 19.6 Å². The third-order valence-corrected chi connectivity index (χ3v) is 3.73. The zero-order chi connectivity index (χ0) is 12.3. The molecule has 0 saturated carbocycles. The lowest BCUT2D eigenvalue weighted by Crippen LogP contribution is -2.44. The molecule has 2 N–H and O–H groups in total. The summed E-state index contributed by atoms with van der Waals surface area (Å²) >= 11 is 6.02. The van der Waals surface area contributed by atoms with Crippen LogP contribution in [0.4, 0.5) is 0 Å². The number of hydrogen-bond donors (Lipinski definition) is 1. The van der Waals surface area contributed by atoms with Crippen LogP contribution < -0.4 is 5.73 Å². The molecule has 2 nitrogen and oxygen atoms in total. The zero-order valence-corrected chi connectivity index (χ0v) is 12.4. The van der Waals surface area contributed by atoms with Crippen molar-refractivity contribution in [3.8, 4) is 0 Å². The van der Waals surface area contributed by atoms with Gasteiger partial charge in [0.1, 0.15) is 0 Å². The SMILES string of the molecule is CC(CN1CCC[C@@H](N)C1)c1cccc(Cl)c1.Cl. The molecule has 1 aromatic carbocycles. The van der Waals surface area contributed by atoms with Gasteiger partial charge < -0.3 is 10.6 Å². The quantitative estimate of drug-likeness (QED) is 0.925. The second-order valence-electron chi connectivity index (χ2n) is 5.12. The van der Waals surface area contributed by atoms with Gasteiger partial charge in [0.15, 0.2) is 0 Å². The van der Waals surface area contributed by atoms with E-state index in [9.17, 15) is 0 Å². The van der Waals surface area contributed by atoms with E-state index >= 15 is 0 Å². The number of halogens is 2. The first-order valence-electron chi connectivity index (χ1n) is 6.38. The second kappa shape index (κ2) is 7.34. The molecule has 0 aliphatic carbocycles. The van der Waals surface area contributed by atoms with Gasteiger partial charge in [0.25, 0.3) is 0 Å². The maximum absolute atomic E-state index is 6.02. The molecular weight excluding hydrogens is 267 g/mol. The molecular formula is C14H22Cl2N2. The number of rotatable bonds is 3. The van der Waals surface area contributed by atoms with Crippen molar-refractivity contribution < 1.29 is 0 Å². The maximum atomic E-state index is 6.02. The largest absolute Gasteiger partial charge is 0.327 e. The van der Waals surface area contributed by atoms with Crippen LogP contribution in [-0.2, 0) is 0 Å². The van der Waals surface area contributed by atoms with Crippen LogP contribution in [0.5, 0.6) is 0 Å². The molecule has 1 heterocycles. The summed E-state index contributed by atoms with van der Waals surface area (Å²) in [6.07, 6.45) is 2.39. The highest BCUT2D eigenvalue weighted by molar-refractivity contribution is 6.30. The van der Waals surface area contributed by atoms with E-state index in [1.54, 1.807) is 0 Å². The second-order valence-corrected chi connectivity index (χ2v) is 5.55. The van der Waals surface area contributed by atoms with Crippen molar-refractivity contribution in [3.05, 3.63) is 34.9 Å². The Morgan fingerprint density at radius 3 is 2.94 bits per heavy atom. The van der Waals surface area contributed by atoms with Crippen molar-refractivity contribution in [2.24, 2.45) is 5.73 Å². The van der Waals surface area contributed by atoms with E-state index in [2.05, 4.69) is 24.0 Å². The molecule has 1 aliphatic rings. The van der Waals surface area contributed by atoms with Gasteiger partial charge in [0.05, 0.1) is 0 Å². The molecule has 2 atom stereocenters. The van der Waals surface area contributed by atoms with Gasteiger partial charge in [-0.05, 0) is 43.0 Å². The van der Waals surface area contributed by atoms with Crippen molar-refractivity contribution in [1.29, 1.82) is 0 Å². The van der Waals surface area contributed by atoms with Crippen LogP contribution in [0.15, 0.2) is 24.3 Å². The highest BCUT2D eigenvalue weighted by Crippen LogP contribution is 2.21. The Morgan fingerprint density at radius 1 is 1.50 bits per heavy atom. The molecule has 1 aromatic rings. The van der Waals surface area contributed by atoms with Crippen LogP contribution in [-0.4, -0.2) is 30.6 Å². The smallest absolute Gasteiger partial charge is 0.0408 e. The Bertz CT molecular complexity index is 371. The van der Waals surface area contributed by atoms with Gasteiger partial charge >= 0.3 is 0 Å². The molecule has 18 heavy (non-hydrogen) atoms. The third kappa shape index (κ3) is 4.43. The standard InChI is InChI=1S/C14H21ClN2.ClH/c1-11(12-4-2-5-13(15)8-12)9-17-7-3-6-14(16)10-17;/h2,4-5,8,11,14H,3,6-7,9-10,16H2,1H3;1H/t11?,14-;/m1./s1. The van der Waals surface area contributed by atoms with Gasteiger partial charge in [-0.1, -0.05) is 30.7 Å². The predicted octanol–water partition coefficient (Wildman–Crippen LogP) is 3.29. The fourth-order valence-corrected chi connectivity index (χ4v) is 2.76. The Labute approximate surface area is 121 Å². The van der Waals surface area contributed by atoms with E-state index in [4.69, 9.17) is 17.3 Å². The summed E-state index contributed by atoms with van der Waals surface area (Å²) in [6.45, 7) is 5.54. The molecule has 0 spiro atoms. The van der Waals surface area contributed by atoms with E-state index in [1.807, 2.05) is 12.1 Å². The fraction of sp³-hybridized carbons (Fsp3) is 0.571. The minimum atomic E-state index is 0. The topological polar surface area (TPSA) is 29.3 Å². The Kier molecular flexibility index (Phi) is 6.44. The first-order chi connectivity index (χ1) is 8.15. The summed E-state index contributed by atoms with van der Waals surface area (Å²) in [7, 11) is 0. The highest BCUT2D eigenvalue weighted by Gasteiger charge is 2.18. The van der Waals surface area contributed by atoms with Gasteiger partial charge in [-0.15, -0.1) is 12.4 Å². The fourth-order valence-electron chi connectivity index (χ4n) is 2.56. The molecule has 102 valence electrons. The highest BCUT2D eigenvalue weighted by atomic mass is 35.5. The van der Waals surface area contributed by atoms with Crippen molar-refractivity contribution in [1.82, 2.24) is 4.90 Å². The van der Waals surface area contributed by atoms with Gasteiger partial charge in [-0.2, -0.15) is 0 Å². The molecule has 0 bridgehead atoms. The molecule has 1 unspecified atom stereocenters. The van der Waals surface area contributed by atoms with Gasteiger partial charge in [-0.25, -0.2) is 0 Å². The third-order valence-electron chi connectivity index (χ3n) is 3.49. The zero-order valence-electron chi connectivity index (χ0n) is 10.8. The normalized spacial score (nSPS) is 22.3. The maximum Gasteiger partial charge on any atom is 0.0408 e. The first-order valence-corrected chi connectivity index (χ1v) is 6.76. The van der Waals surface area contributed by atoms with Crippen molar-refractivity contribution in [3.63, 3.8) is 0 Å². The van der Waals surface area contributed by atoms with E-state index in [0.717, 1.165) is 18.1 Å². The minimum absolute atomic E-state index is 0. The average Bonchev–Trinajstić information content (AvgIpc) is 2.29. The van der Waals surface area contributed by atoms with Gasteiger partial charge in [-0.3, -0.25) is 0 Å². The van der Waals surface area contributed by atoms with Gasteiger partial charge in [0.2, 0.25) is 0 Å². The Hall–Kier alpha value is -0.280. The number of piperidine rings is 1. The number of hydrogen-bond acceptors (Lipinski definition) is 2. The summed E-state index contributed by atoms with van der Waals surface area (Å²) in [5, 5.41) is 0.824.